The van der Waals surface area contributed by atoms with Crippen molar-refractivity contribution >= 4 is 17.5 Å². The molecule has 0 saturated carbocycles. The molecule has 0 radical (unpaired) electrons. The Morgan fingerprint density at radius 3 is 2.11 bits per heavy atom. The SMILES string of the molecule is Cc1ccc(C(=O)Nc2ccccc2C(=O)NC(C)c2ccccc2)cc1. The molecule has 3 rings (SSSR count). The van der Waals surface area contributed by atoms with E-state index in [4.69, 9.17) is 0 Å². The number of amides is 2. The zero-order chi connectivity index (χ0) is 19.2. The minimum Gasteiger partial charge on any atom is -0.345 e. The van der Waals surface area contributed by atoms with Gasteiger partial charge in [0.2, 0.25) is 0 Å². The number of anilines is 1. The molecule has 4 nitrogen and oxygen atoms in total. The van der Waals surface area contributed by atoms with Gasteiger partial charge >= 0.3 is 0 Å². The maximum Gasteiger partial charge on any atom is 0.255 e. The number of para-hydroxylation sites is 1. The lowest BCUT2D eigenvalue weighted by Crippen LogP contribution is -2.28. The van der Waals surface area contributed by atoms with Crippen LogP contribution in [0.2, 0.25) is 0 Å². The second-order valence-corrected chi connectivity index (χ2v) is 6.47. The number of rotatable bonds is 5. The number of nitrogens with one attached hydrogen (secondary N) is 2. The molecule has 0 aromatic heterocycles. The predicted molar refractivity (Wildman–Crippen MR) is 108 cm³/mol. The van der Waals surface area contributed by atoms with Gasteiger partial charge in [0, 0.05) is 5.56 Å². The van der Waals surface area contributed by atoms with Crippen LogP contribution in [-0.2, 0) is 0 Å². The molecule has 2 amide bonds. The summed E-state index contributed by atoms with van der Waals surface area (Å²) in [5.41, 5.74) is 3.57. The topological polar surface area (TPSA) is 58.2 Å². The van der Waals surface area contributed by atoms with Crippen molar-refractivity contribution in [2.45, 2.75) is 19.9 Å². The third-order valence-corrected chi connectivity index (χ3v) is 4.38. The van der Waals surface area contributed by atoms with E-state index in [9.17, 15) is 9.59 Å². The number of carbonyl (C=O) groups is 2. The molecule has 0 fully saturated rings. The van der Waals surface area contributed by atoms with Crippen LogP contribution in [0.3, 0.4) is 0 Å². The molecular formula is C23H22N2O2. The number of aryl methyl sites for hydroxylation is 1. The smallest absolute Gasteiger partial charge is 0.255 e. The summed E-state index contributed by atoms with van der Waals surface area (Å²) in [4.78, 5) is 25.3. The summed E-state index contributed by atoms with van der Waals surface area (Å²) in [6, 6.07) is 23.9. The normalized spacial score (nSPS) is 11.5. The van der Waals surface area contributed by atoms with Crippen molar-refractivity contribution in [3.8, 4) is 0 Å². The molecule has 27 heavy (non-hydrogen) atoms. The van der Waals surface area contributed by atoms with Crippen molar-refractivity contribution in [1.29, 1.82) is 0 Å². The Hall–Kier alpha value is -3.40. The summed E-state index contributed by atoms with van der Waals surface area (Å²) in [7, 11) is 0. The second-order valence-electron chi connectivity index (χ2n) is 6.47. The fourth-order valence-electron chi connectivity index (χ4n) is 2.79. The highest BCUT2D eigenvalue weighted by Crippen LogP contribution is 2.19. The van der Waals surface area contributed by atoms with E-state index in [1.807, 2.05) is 56.3 Å². The third-order valence-electron chi connectivity index (χ3n) is 4.38. The maximum absolute atomic E-state index is 12.7. The van der Waals surface area contributed by atoms with E-state index in [0.717, 1.165) is 11.1 Å². The lowest BCUT2D eigenvalue weighted by atomic mass is 10.1. The first-order valence-corrected chi connectivity index (χ1v) is 8.87. The standard InChI is InChI=1S/C23H22N2O2/c1-16-12-14-19(15-13-16)22(26)25-21-11-7-6-10-20(21)23(27)24-17(2)18-8-4-3-5-9-18/h3-15,17H,1-2H3,(H,24,27)(H,25,26). The minimum atomic E-state index is -0.244. The third kappa shape index (κ3) is 4.61. The molecule has 0 heterocycles. The van der Waals surface area contributed by atoms with Crippen LogP contribution < -0.4 is 10.6 Å². The highest BCUT2D eigenvalue weighted by molar-refractivity contribution is 6.09. The maximum atomic E-state index is 12.7. The zero-order valence-electron chi connectivity index (χ0n) is 15.4. The van der Waals surface area contributed by atoms with Gasteiger partial charge in [0.25, 0.3) is 11.8 Å². The highest BCUT2D eigenvalue weighted by atomic mass is 16.2. The van der Waals surface area contributed by atoms with Gasteiger partial charge in [-0.25, -0.2) is 0 Å². The first-order chi connectivity index (χ1) is 13.0. The Bertz CT molecular complexity index is 934. The minimum absolute atomic E-state index is 0.139. The van der Waals surface area contributed by atoms with Crippen molar-refractivity contribution in [1.82, 2.24) is 5.32 Å². The van der Waals surface area contributed by atoms with Crippen LogP contribution in [-0.4, -0.2) is 11.8 Å². The molecule has 136 valence electrons. The molecule has 3 aromatic rings. The summed E-state index contributed by atoms with van der Waals surface area (Å²) in [6.07, 6.45) is 0. The van der Waals surface area contributed by atoms with E-state index < -0.39 is 0 Å². The Labute approximate surface area is 159 Å². The molecule has 4 heteroatoms. The van der Waals surface area contributed by atoms with Gasteiger partial charge in [0.1, 0.15) is 0 Å². The largest absolute Gasteiger partial charge is 0.345 e. The van der Waals surface area contributed by atoms with Crippen molar-refractivity contribution in [2.24, 2.45) is 0 Å². The molecule has 0 saturated heterocycles. The summed E-state index contributed by atoms with van der Waals surface area (Å²) >= 11 is 0. The molecular weight excluding hydrogens is 336 g/mol. The Kier molecular flexibility index (Phi) is 5.67. The number of hydrogen-bond acceptors (Lipinski definition) is 2. The van der Waals surface area contributed by atoms with Crippen LogP contribution in [0.15, 0.2) is 78.9 Å². The van der Waals surface area contributed by atoms with Crippen molar-refractivity contribution < 1.29 is 9.59 Å². The van der Waals surface area contributed by atoms with E-state index in [2.05, 4.69) is 10.6 Å². The van der Waals surface area contributed by atoms with Crippen molar-refractivity contribution in [2.75, 3.05) is 5.32 Å². The van der Waals surface area contributed by atoms with E-state index in [-0.39, 0.29) is 17.9 Å². The fourth-order valence-corrected chi connectivity index (χ4v) is 2.79. The van der Waals surface area contributed by atoms with Gasteiger partial charge < -0.3 is 10.6 Å². The molecule has 0 aliphatic rings. The lowest BCUT2D eigenvalue weighted by Gasteiger charge is -2.16. The average molecular weight is 358 g/mol. The molecule has 0 aliphatic heterocycles. The van der Waals surface area contributed by atoms with Crippen LogP contribution in [0.25, 0.3) is 0 Å². The summed E-state index contributed by atoms with van der Waals surface area (Å²) < 4.78 is 0. The van der Waals surface area contributed by atoms with Gasteiger partial charge in [-0.1, -0.05) is 60.2 Å². The van der Waals surface area contributed by atoms with Crippen LogP contribution in [0, 0.1) is 6.92 Å². The Balaban J connectivity index is 1.76. The monoisotopic (exact) mass is 358 g/mol. The Morgan fingerprint density at radius 1 is 0.778 bits per heavy atom. The summed E-state index contributed by atoms with van der Waals surface area (Å²) in [5, 5.41) is 5.82. The molecule has 3 aromatic carbocycles. The molecule has 2 N–H and O–H groups in total. The number of hydrogen-bond donors (Lipinski definition) is 2. The molecule has 0 aliphatic carbocycles. The molecule has 0 bridgehead atoms. The first kappa shape index (κ1) is 18.4. The summed E-state index contributed by atoms with van der Waals surface area (Å²) in [6.45, 7) is 3.90. The van der Waals surface area contributed by atoms with Gasteiger partial charge in [-0.05, 0) is 43.7 Å². The quantitative estimate of drug-likeness (QED) is 0.692. The Morgan fingerprint density at radius 2 is 1.41 bits per heavy atom. The van der Waals surface area contributed by atoms with Gasteiger partial charge in [-0.2, -0.15) is 0 Å². The van der Waals surface area contributed by atoms with E-state index in [1.165, 1.54) is 0 Å². The molecule has 1 atom stereocenters. The lowest BCUT2D eigenvalue weighted by molar-refractivity contribution is 0.0941. The van der Waals surface area contributed by atoms with Crippen LogP contribution in [0.4, 0.5) is 5.69 Å². The molecule has 0 spiro atoms. The zero-order valence-corrected chi connectivity index (χ0v) is 15.4. The van der Waals surface area contributed by atoms with Crippen LogP contribution >= 0.6 is 0 Å². The van der Waals surface area contributed by atoms with Crippen molar-refractivity contribution in [3.05, 3.63) is 101 Å². The molecule has 1 unspecified atom stereocenters. The van der Waals surface area contributed by atoms with Crippen LogP contribution in [0.1, 0.15) is 44.8 Å². The second kappa shape index (κ2) is 8.32. The van der Waals surface area contributed by atoms with Crippen LogP contribution in [0.5, 0.6) is 0 Å². The van der Waals surface area contributed by atoms with E-state index in [1.54, 1.807) is 36.4 Å². The van der Waals surface area contributed by atoms with Gasteiger partial charge in [-0.3, -0.25) is 9.59 Å². The number of benzene rings is 3. The summed E-state index contributed by atoms with van der Waals surface area (Å²) in [5.74, 6) is -0.475. The van der Waals surface area contributed by atoms with Gasteiger partial charge in [0.05, 0.1) is 17.3 Å². The number of carbonyl (C=O) groups excluding carboxylic acids is 2. The fraction of sp³-hybridized carbons (Fsp3) is 0.130. The first-order valence-electron chi connectivity index (χ1n) is 8.87. The van der Waals surface area contributed by atoms with Gasteiger partial charge in [-0.15, -0.1) is 0 Å². The average Bonchev–Trinajstić information content (AvgIpc) is 2.69. The van der Waals surface area contributed by atoms with E-state index in [0.29, 0.717) is 16.8 Å². The van der Waals surface area contributed by atoms with Gasteiger partial charge in [0.15, 0.2) is 0 Å². The van der Waals surface area contributed by atoms with E-state index >= 15 is 0 Å². The highest BCUT2D eigenvalue weighted by Gasteiger charge is 2.16. The van der Waals surface area contributed by atoms with Crippen molar-refractivity contribution in [3.63, 3.8) is 0 Å². The predicted octanol–water partition coefficient (Wildman–Crippen LogP) is 4.74.